The fraction of sp³-hybridized carbons (Fsp3) is 0.350. The maximum Gasteiger partial charge on any atom is 0.306 e. The van der Waals surface area contributed by atoms with Crippen LogP contribution in [0.4, 0.5) is 0 Å². The summed E-state index contributed by atoms with van der Waals surface area (Å²) in [5.74, 6) is -1.57. The maximum atomic E-state index is 12.7. The average molecular weight is 369 g/mol. The summed E-state index contributed by atoms with van der Waals surface area (Å²) in [7, 11) is 1.60. The van der Waals surface area contributed by atoms with Crippen molar-refractivity contribution in [3.8, 4) is 5.69 Å². The van der Waals surface area contributed by atoms with Gasteiger partial charge in [-0.05, 0) is 43.2 Å². The zero-order chi connectivity index (χ0) is 19.4. The summed E-state index contributed by atoms with van der Waals surface area (Å²) < 4.78 is 1.91. The van der Waals surface area contributed by atoms with Gasteiger partial charge in [-0.25, -0.2) is 0 Å². The molecule has 1 fully saturated rings. The quantitative estimate of drug-likeness (QED) is 0.872. The smallest absolute Gasteiger partial charge is 0.306 e. The predicted octanol–water partition coefficient (Wildman–Crippen LogP) is 1.87. The minimum Gasteiger partial charge on any atom is -0.481 e. The Kier molecular flexibility index (Phi) is 5.59. The molecule has 7 nitrogen and oxygen atoms in total. The Bertz CT molecular complexity index is 824. The number of hydrogen-bond acceptors (Lipinski definition) is 3. The van der Waals surface area contributed by atoms with Gasteiger partial charge >= 0.3 is 5.97 Å². The minimum absolute atomic E-state index is 0.0235. The van der Waals surface area contributed by atoms with Crippen molar-refractivity contribution >= 4 is 17.8 Å². The lowest BCUT2D eigenvalue weighted by Gasteiger charge is -2.31. The number of carboxylic acids is 1. The highest BCUT2D eigenvalue weighted by atomic mass is 16.4. The van der Waals surface area contributed by atoms with E-state index in [2.05, 4.69) is 0 Å². The van der Waals surface area contributed by atoms with Crippen molar-refractivity contribution in [3.05, 3.63) is 54.4 Å². The van der Waals surface area contributed by atoms with Gasteiger partial charge in [0.2, 0.25) is 5.91 Å². The molecule has 1 aromatic heterocycles. The number of carbonyl (C=O) groups is 3. The van der Waals surface area contributed by atoms with Crippen LogP contribution in [0.2, 0.25) is 0 Å². The SMILES string of the molecule is CN(CC(=O)N1CCC(C(=O)O)CC1)C(=O)c1cccc(-n2cccc2)c1. The molecular weight excluding hydrogens is 346 g/mol. The van der Waals surface area contributed by atoms with Crippen molar-refractivity contribution < 1.29 is 19.5 Å². The van der Waals surface area contributed by atoms with Gasteiger partial charge < -0.3 is 19.5 Å². The molecule has 1 aromatic carbocycles. The van der Waals surface area contributed by atoms with Crippen LogP contribution in [0.1, 0.15) is 23.2 Å². The number of carbonyl (C=O) groups excluding carboxylic acids is 2. The van der Waals surface area contributed by atoms with Gasteiger partial charge in [-0.15, -0.1) is 0 Å². The van der Waals surface area contributed by atoms with Crippen molar-refractivity contribution in [2.75, 3.05) is 26.7 Å². The van der Waals surface area contributed by atoms with Crippen molar-refractivity contribution in [3.63, 3.8) is 0 Å². The van der Waals surface area contributed by atoms with Crippen LogP contribution >= 0.6 is 0 Å². The Labute approximate surface area is 157 Å². The van der Waals surface area contributed by atoms with Gasteiger partial charge in [-0.2, -0.15) is 0 Å². The Morgan fingerprint density at radius 1 is 1.11 bits per heavy atom. The molecule has 0 aliphatic carbocycles. The van der Waals surface area contributed by atoms with Crippen LogP contribution in [0, 0.1) is 5.92 Å². The molecule has 0 atom stereocenters. The molecule has 1 saturated heterocycles. The van der Waals surface area contributed by atoms with E-state index in [4.69, 9.17) is 5.11 Å². The molecule has 1 aliphatic heterocycles. The van der Waals surface area contributed by atoms with Crippen LogP contribution in [0.5, 0.6) is 0 Å². The van der Waals surface area contributed by atoms with E-state index in [1.165, 1.54) is 4.90 Å². The number of piperidine rings is 1. The molecule has 0 bridgehead atoms. The standard InChI is InChI=1S/C20H23N3O4/c1-21(14-18(24)23-11-7-15(8-12-23)20(26)27)19(25)16-5-4-6-17(13-16)22-9-2-3-10-22/h2-6,9-10,13,15H,7-8,11-12,14H2,1H3,(H,26,27). The first kappa shape index (κ1) is 18.7. The fourth-order valence-electron chi connectivity index (χ4n) is 3.28. The Balaban J connectivity index is 1.60. The molecule has 3 rings (SSSR count). The van der Waals surface area contributed by atoms with Crippen LogP contribution in [-0.4, -0.2) is 63.9 Å². The first-order chi connectivity index (χ1) is 13.0. The number of rotatable bonds is 5. The van der Waals surface area contributed by atoms with Crippen LogP contribution < -0.4 is 0 Å². The van der Waals surface area contributed by atoms with Crippen molar-refractivity contribution in [1.82, 2.24) is 14.4 Å². The van der Waals surface area contributed by atoms with E-state index < -0.39 is 5.97 Å². The molecular formula is C20H23N3O4. The van der Waals surface area contributed by atoms with Gasteiger partial charge in [-0.3, -0.25) is 14.4 Å². The number of amides is 2. The molecule has 1 N–H and O–H groups in total. The predicted molar refractivity (Wildman–Crippen MR) is 99.7 cm³/mol. The third-order valence-corrected chi connectivity index (χ3v) is 4.91. The zero-order valence-electron chi connectivity index (χ0n) is 15.2. The van der Waals surface area contributed by atoms with Gasteiger partial charge in [0.25, 0.3) is 5.91 Å². The van der Waals surface area contributed by atoms with E-state index >= 15 is 0 Å². The summed E-state index contributed by atoms with van der Waals surface area (Å²) >= 11 is 0. The molecule has 0 spiro atoms. The Morgan fingerprint density at radius 2 is 1.78 bits per heavy atom. The third kappa shape index (κ3) is 4.36. The molecule has 7 heteroatoms. The lowest BCUT2D eigenvalue weighted by molar-refractivity contribution is -0.145. The van der Waals surface area contributed by atoms with E-state index in [1.54, 1.807) is 24.1 Å². The van der Waals surface area contributed by atoms with E-state index in [0.717, 1.165) is 5.69 Å². The number of carboxylic acid groups (broad SMARTS) is 1. The maximum absolute atomic E-state index is 12.7. The number of likely N-dealkylation sites (tertiary alicyclic amines) is 1. The monoisotopic (exact) mass is 369 g/mol. The molecule has 1 aliphatic rings. The van der Waals surface area contributed by atoms with Crippen molar-refractivity contribution in [2.24, 2.45) is 5.92 Å². The molecule has 0 radical (unpaired) electrons. The second kappa shape index (κ2) is 8.07. The average Bonchev–Trinajstić information content (AvgIpc) is 3.22. The lowest BCUT2D eigenvalue weighted by Crippen LogP contribution is -2.45. The topological polar surface area (TPSA) is 82.9 Å². The largest absolute Gasteiger partial charge is 0.481 e. The van der Waals surface area contributed by atoms with Crippen molar-refractivity contribution in [1.29, 1.82) is 0 Å². The van der Waals surface area contributed by atoms with Crippen LogP contribution in [0.15, 0.2) is 48.8 Å². The minimum atomic E-state index is -0.808. The van der Waals surface area contributed by atoms with Gasteiger partial charge in [-0.1, -0.05) is 6.07 Å². The normalized spacial score (nSPS) is 14.8. The van der Waals surface area contributed by atoms with E-state index in [9.17, 15) is 14.4 Å². The molecule has 2 amide bonds. The van der Waals surface area contributed by atoms with Gasteiger partial charge in [0.1, 0.15) is 0 Å². The van der Waals surface area contributed by atoms with Crippen molar-refractivity contribution in [2.45, 2.75) is 12.8 Å². The van der Waals surface area contributed by atoms with Gasteiger partial charge in [0.05, 0.1) is 12.5 Å². The zero-order valence-corrected chi connectivity index (χ0v) is 15.2. The number of likely N-dealkylation sites (N-methyl/N-ethyl adjacent to an activating group) is 1. The Morgan fingerprint density at radius 3 is 2.41 bits per heavy atom. The summed E-state index contributed by atoms with van der Waals surface area (Å²) in [4.78, 5) is 39.2. The number of hydrogen-bond donors (Lipinski definition) is 1. The van der Waals surface area contributed by atoms with E-state index in [0.29, 0.717) is 31.5 Å². The molecule has 2 heterocycles. The second-order valence-corrected chi connectivity index (χ2v) is 6.80. The summed E-state index contributed by atoms with van der Waals surface area (Å²) in [6, 6.07) is 11.1. The van der Waals surface area contributed by atoms with E-state index in [1.807, 2.05) is 41.2 Å². The number of aromatic nitrogens is 1. The highest BCUT2D eigenvalue weighted by molar-refractivity contribution is 5.96. The number of aliphatic carboxylic acids is 1. The highest BCUT2D eigenvalue weighted by Gasteiger charge is 2.28. The number of benzene rings is 1. The summed E-state index contributed by atoms with van der Waals surface area (Å²) in [5, 5.41) is 9.04. The first-order valence-electron chi connectivity index (χ1n) is 8.95. The fourth-order valence-corrected chi connectivity index (χ4v) is 3.28. The van der Waals surface area contributed by atoms with Gasteiger partial charge in [0, 0.05) is 43.8 Å². The summed E-state index contributed by atoms with van der Waals surface area (Å²) in [6.07, 6.45) is 4.71. The van der Waals surface area contributed by atoms with Crippen LogP contribution in [-0.2, 0) is 9.59 Å². The summed E-state index contributed by atoms with van der Waals surface area (Å²) in [5.41, 5.74) is 1.39. The third-order valence-electron chi connectivity index (χ3n) is 4.91. The lowest BCUT2D eigenvalue weighted by atomic mass is 9.97. The molecule has 2 aromatic rings. The molecule has 0 unspecified atom stereocenters. The van der Waals surface area contributed by atoms with E-state index in [-0.39, 0.29) is 24.3 Å². The highest BCUT2D eigenvalue weighted by Crippen LogP contribution is 2.18. The summed E-state index contributed by atoms with van der Waals surface area (Å²) in [6.45, 7) is 0.812. The number of nitrogens with zero attached hydrogens (tertiary/aromatic N) is 3. The van der Waals surface area contributed by atoms with Crippen LogP contribution in [0.25, 0.3) is 5.69 Å². The second-order valence-electron chi connectivity index (χ2n) is 6.80. The first-order valence-corrected chi connectivity index (χ1v) is 8.95. The van der Waals surface area contributed by atoms with Crippen LogP contribution in [0.3, 0.4) is 0 Å². The van der Waals surface area contributed by atoms with Gasteiger partial charge in [0.15, 0.2) is 0 Å². The Hall–Kier alpha value is -3.09. The molecule has 0 saturated carbocycles. The molecule has 27 heavy (non-hydrogen) atoms. The molecule has 142 valence electrons.